The van der Waals surface area contributed by atoms with E-state index in [0.717, 1.165) is 18.1 Å². The SMILES string of the molecule is CCOC(=O)c1sc(NCC2CCCN2C)c(OC)c1N. The van der Waals surface area contributed by atoms with Crippen LogP contribution in [0.2, 0.25) is 0 Å². The highest BCUT2D eigenvalue weighted by Gasteiger charge is 2.25. The Morgan fingerprint density at radius 3 is 2.90 bits per heavy atom. The summed E-state index contributed by atoms with van der Waals surface area (Å²) in [6.45, 7) is 4.04. The predicted octanol–water partition coefficient (Wildman–Crippen LogP) is 2.02. The first kappa shape index (κ1) is 15.9. The van der Waals surface area contributed by atoms with E-state index in [-0.39, 0.29) is 0 Å². The number of carbonyl (C=O) groups excluding carboxylic acids is 1. The second kappa shape index (κ2) is 7.00. The minimum atomic E-state index is -0.399. The highest BCUT2D eigenvalue weighted by molar-refractivity contribution is 7.19. The van der Waals surface area contributed by atoms with Crippen LogP contribution in [0.5, 0.6) is 5.75 Å². The topological polar surface area (TPSA) is 76.8 Å². The van der Waals surface area contributed by atoms with Crippen molar-refractivity contribution < 1.29 is 14.3 Å². The molecule has 1 aliphatic heterocycles. The Balaban J connectivity index is 2.11. The van der Waals surface area contributed by atoms with Gasteiger partial charge in [0.15, 0.2) is 5.75 Å². The molecule has 1 aromatic rings. The zero-order valence-corrected chi connectivity index (χ0v) is 13.6. The molecule has 0 radical (unpaired) electrons. The molecule has 2 heterocycles. The maximum Gasteiger partial charge on any atom is 0.350 e. The summed E-state index contributed by atoms with van der Waals surface area (Å²) in [5, 5.41) is 4.15. The number of nitrogen functional groups attached to an aromatic ring is 1. The van der Waals surface area contributed by atoms with E-state index >= 15 is 0 Å². The van der Waals surface area contributed by atoms with Crippen LogP contribution in [0.1, 0.15) is 29.4 Å². The molecule has 0 bridgehead atoms. The van der Waals surface area contributed by atoms with Crippen molar-refractivity contribution in [2.75, 3.05) is 44.9 Å². The number of thiophene rings is 1. The molecule has 0 aromatic carbocycles. The van der Waals surface area contributed by atoms with Crippen molar-refractivity contribution in [1.29, 1.82) is 0 Å². The van der Waals surface area contributed by atoms with Crippen LogP contribution in [-0.4, -0.2) is 50.8 Å². The van der Waals surface area contributed by atoms with E-state index in [1.807, 2.05) is 0 Å². The summed E-state index contributed by atoms with van der Waals surface area (Å²) in [7, 11) is 3.68. The molecule has 1 saturated heterocycles. The molecule has 3 N–H and O–H groups in total. The standard InChI is InChI=1S/C14H23N3O3S/c1-4-20-14(18)12-10(15)11(19-3)13(21-12)16-8-9-6-5-7-17(9)2/h9,16H,4-8,15H2,1-3H3. The Morgan fingerprint density at radius 2 is 2.33 bits per heavy atom. The van der Waals surface area contributed by atoms with Crippen LogP contribution in [0.4, 0.5) is 10.7 Å². The average molecular weight is 313 g/mol. The van der Waals surface area contributed by atoms with E-state index in [1.165, 1.54) is 24.2 Å². The van der Waals surface area contributed by atoms with Gasteiger partial charge in [0.05, 0.1) is 13.7 Å². The van der Waals surface area contributed by atoms with Crippen LogP contribution >= 0.6 is 11.3 Å². The summed E-state index contributed by atoms with van der Waals surface area (Å²) in [5.74, 6) is 0.132. The first-order valence-corrected chi connectivity index (χ1v) is 7.97. The number of ether oxygens (including phenoxy) is 2. The monoisotopic (exact) mass is 313 g/mol. The van der Waals surface area contributed by atoms with Crippen LogP contribution in [0.25, 0.3) is 0 Å². The van der Waals surface area contributed by atoms with Gasteiger partial charge in [-0.1, -0.05) is 0 Å². The molecule has 0 aliphatic carbocycles. The van der Waals surface area contributed by atoms with Crippen molar-refractivity contribution in [3.8, 4) is 5.75 Å². The number of methoxy groups -OCH3 is 1. The molecule has 0 spiro atoms. The third kappa shape index (κ3) is 3.41. The third-order valence-electron chi connectivity index (χ3n) is 3.73. The fourth-order valence-corrected chi connectivity index (χ4v) is 3.53. The van der Waals surface area contributed by atoms with Crippen LogP contribution in [0.15, 0.2) is 0 Å². The molecule has 1 fully saturated rings. The van der Waals surface area contributed by atoms with Crippen molar-refractivity contribution in [2.24, 2.45) is 0 Å². The number of likely N-dealkylation sites (tertiary alicyclic amines) is 1. The summed E-state index contributed by atoms with van der Waals surface area (Å²) in [6.07, 6.45) is 2.40. The summed E-state index contributed by atoms with van der Waals surface area (Å²) in [5.41, 5.74) is 6.34. The van der Waals surface area contributed by atoms with Gasteiger partial charge >= 0.3 is 5.97 Å². The Hall–Kier alpha value is -1.47. The van der Waals surface area contributed by atoms with Gasteiger partial charge in [0.25, 0.3) is 0 Å². The second-order valence-corrected chi connectivity index (χ2v) is 6.11. The van der Waals surface area contributed by atoms with Gasteiger partial charge in [0.2, 0.25) is 0 Å². The lowest BCUT2D eigenvalue weighted by molar-refractivity contribution is 0.0533. The molecule has 0 saturated carbocycles. The van der Waals surface area contributed by atoms with Gasteiger partial charge in [-0.3, -0.25) is 0 Å². The molecule has 7 heteroatoms. The summed E-state index contributed by atoms with van der Waals surface area (Å²) in [6, 6.07) is 0.504. The molecule has 1 aliphatic rings. The van der Waals surface area contributed by atoms with E-state index in [0.29, 0.717) is 29.0 Å². The van der Waals surface area contributed by atoms with Crippen molar-refractivity contribution in [2.45, 2.75) is 25.8 Å². The van der Waals surface area contributed by atoms with Gasteiger partial charge in [-0.25, -0.2) is 4.79 Å². The number of likely N-dealkylation sites (N-methyl/N-ethyl adjacent to an activating group) is 1. The van der Waals surface area contributed by atoms with E-state index < -0.39 is 5.97 Å². The highest BCUT2D eigenvalue weighted by atomic mass is 32.1. The first-order valence-electron chi connectivity index (χ1n) is 7.16. The van der Waals surface area contributed by atoms with E-state index in [2.05, 4.69) is 17.3 Å². The number of hydrogen-bond acceptors (Lipinski definition) is 7. The Bertz CT molecular complexity index is 504. The predicted molar refractivity (Wildman–Crippen MR) is 85.4 cm³/mol. The largest absolute Gasteiger partial charge is 0.492 e. The minimum Gasteiger partial charge on any atom is -0.492 e. The molecule has 6 nitrogen and oxygen atoms in total. The van der Waals surface area contributed by atoms with Gasteiger partial charge in [-0.2, -0.15) is 0 Å². The second-order valence-electron chi connectivity index (χ2n) is 5.09. The van der Waals surface area contributed by atoms with Crippen molar-refractivity contribution in [3.05, 3.63) is 4.88 Å². The lowest BCUT2D eigenvalue weighted by Crippen LogP contribution is -2.31. The Morgan fingerprint density at radius 1 is 1.57 bits per heavy atom. The molecular weight excluding hydrogens is 290 g/mol. The Kier molecular flexibility index (Phi) is 5.30. The van der Waals surface area contributed by atoms with Crippen LogP contribution in [0.3, 0.4) is 0 Å². The van der Waals surface area contributed by atoms with Gasteiger partial charge < -0.3 is 25.4 Å². The quantitative estimate of drug-likeness (QED) is 0.783. The average Bonchev–Trinajstić information content (AvgIpc) is 3.00. The number of carbonyl (C=O) groups is 1. The number of hydrogen-bond donors (Lipinski definition) is 2. The van der Waals surface area contributed by atoms with E-state index in [1.54, 1.807) is 14.0 Å². The minimum absolute atomic E-state index is 0.327. The maximum atomic E-state index is 11.9. The summed E-state index contributed by atoms with van der Waals surface area (Å²) >= 11 is 1.29. The normalized spacial score (nSPS) is 18.7. The first-order chi connectivity index (χ1) is 10.1. The third-order valence-corrected chi connectivity index (χ3v) is 4.86. The molecule has 1 unspecified atom stereocenters. The van der Waals surface area contributed by atoms with Gasteiger partial charge in [-0.05, 0) is 33.4 Å². The van der Waals surface area contributed by atoms with Crippen molar-refractivity contribution in [1.82, 2.24) is 4.90 Å². The molecule has 1 aromatic heterocycles. The van der Waals surface area contributed by atoms with E-state index in [4.69, 9.17) is 15.2 Å². The van der Waals surface area contributed by atoms with Crippen molar-refractivity contribution in [3.63, 3.8) is 0 Å². The molecule has 1 atom stereocenters. The number of nitrogens with one attached hydrogen (secondary N) is 1. The lowest BCUT2D eigenvalue weighted by Gasteiger charge is -2.20. The summed E-state index contributed by atoms with van der Waals surface area (Å²) in [4.78, 5) is 14.6. The number of esters is 1. The lowest BCUT2D eigenvalue weighted by atomic mass is 10.2. The van der Waals surface area contributed by atoms with Crippen LogP contribution in [-0.2, 0) is 4.74 Å². The maximum absolute atomic E-state index is 11.9. The molecule has 118 valence electrons. The smallest absolute Gasteiger partial charge is 0.350 e. The molecule has 0 amide bonds. The molecular formula is C14H23N3O3S. The summed E-state index contributed by atoms with van der Waals surface area (Å²) < 4.78 is 10.3. The van der Waals surface area contributed by atoms with Gasteiger partial charge in [0.1, 0.15) is 15.6 Å². The van der Waals surface area contributed by atoms with E-state index in [9.17, 15) is 4.79 Å². The zero-order valence-electron chi connectivity index (χ0n) is 12.8. The number of anilines is 2. The van der Waals surface area contributed by atoms with Crippen LogP contribution in [0, 0.1) is 0 Å². The number of nitrogens with two attached hydrogens (primary N) is 1. The molecule has 2 rings (SSSR count). The number of rotatable bonds is 6. The highest BCUT2D eigenvalue weighted by Crippen LogP contribution is 2.42. The fourth-order valence-electron chi connectivity index (χ4n) is 2.54. The van der Waals surface area contributed by atoms with Crippen molar-refractivity contribution >= 4 is 28.0 Å². The van der Waals surface area contributed by atoms with Gasteiger partial charge in [-0.15, -0.1) is 11.3 Å². The van der Waals surface area contributed by atoms with Crippen LogP contribution < -0.4 is 15.8 Å². The number of nitrogens with zero attached hydrogens (tertiary/aromatic N) is 1. The van der Waals surface area contributed by atoms with Gasteiger partial charge in [0, 0.05) is 12.6 Å². The molecule has 21 heavy (non-hydrogen) atoms. The fraction of sp³-hybridized carbons (Fsp3) is 0.643. The zero-order chi connectivity index (χ0) is 15.4. The Labute approximate surface area is 129 Å².